The molecule has 2 aliphatic heterocycles. The Balaban J connectivity index is 1.88. The van der Waals surface area contributed by atoms with Gasteiger partial charge < -0.3 is 11.1 Å². The molecule has 1 aliphatic carbocycles. The first-order chi connectivity index (χ1) is 16.8. The van der Waals surface area contributed by atoms with E-state index in [9.17, 15) is 28.0 Å². The first-order valence-electron chi connectivity index (χ1n) is 11.4. The summed E-state index contributed by atoms with van der Waals surface area (Å²) in [5.41, 5.74) is 5.34. The number of aryl methyl sites for hydroxylation is 1. The molecule has 36 heavy (non-hydrogen) atoms. The Morgan fingerprint density at radius 3 is 2.50 bits per heavy atom. The molecule has 2 aromatic rings. The normalized spacial score (nSPS) is 23.0. The predicted octanol–water partition coefficient (Wildman–Crippen LogP) is 5.06. The zero-order chi connectivity index (χ0) is 26.2. The molecule has 3 aliphatic rings. The smallest absolute Gasteiger partial charge is 0.384 e. The topological polar surface area (TPSA) is 99.2 Å². The third-order valence-corrected chi connectivity index (χ3v) is 7.08. The number of nitrogens with zero attached hydrogens (tertiary/aromatic N) is 2. The van der Waals surface area contributed by atoms with E-state index in [-0.39, 0.29) is 41.3 Å². The third kappa shape index (κ3) is 3.17. The lowest BCUT2D eigenvalue weighted by atomic mass is 9.60. The maximum atomic E-state index is 13.8. The van der Waals surface area contributed by atoms with E-state index in [0.29, 0.717) is 16.9 Å². The van der Waals surface area contributed by atoms with Gasteiger partial charge in [-0.1, -0.05) is 37.6 Å². The summed E-state index contributed by atoms with van der Waals surface area (Å²) in [5, 5.41) is 13.1. The lowest BCUT2D eigenvalue weighted by molar-refractivity contribution is -0.137. The van der Waals surface area contributed by atoms with E-state index in [1.807, 2.05) is 26.8 Å². The van der Waals surface area contributed by atoms with Crippen LogP contribution in [0.4, 0.5) is 24.5 Å². The molecule has 9 heteroatoms. The number of amides is 1. The average molecular weight is 493 g/mol. The highest BCUT2D eigenvalue weighted by Gasteiger charge is 2.61. The van der Waals surface area contributed by atoms with Crippen molar-refractivity contribution in [2.24, 2.45) is 11.1 Å². The molecule has 0 fully saturated rings. The SMILES string of the molecule is Cc1ccc2c(c1)[C@@]1(C(=O)N2)C(C#N)=C(N)N(c2cccc(C(F)(F)F)c2)C2=C1C(=O)CC(C)(C)C2. The van der Waals surface area contributed by atoms with Crippen molar-refractivity contribution >= 4 is 23.1 Å². The molecule has 6 nitrogen and oxygen atoms in total. The van der Waals surface area contributed by atoms with Crippen LogP contribution in [0.15, 0.2) is 65.1 Å². The Bertz CT molecular complexity index is 1460. The van der Waals surface area contributed by atoms with Gasteiger partial charge in [0, 0.05) is 34.6 Å². The second-order valence-electron chi connectivity index (χ2n) is 10.3. The summed E-state index contributed by atoms with van der Waals surface area (Å²) in [6.07, 6.45) is -4.23. The number of allylic oxidation sites excluding steroid dienone is 1. The first-order valence-corrected chi connectivity index (χ1v) is 11.4. The van der Waals surface area contributed by atoms with Crippen LogP contribution in [0.25, 0.3) is 0 Å². The van der Waals surface area contributed by atoms with Crippen molar-refractivity contribution < 1.29 is 22.8 Å². The number of anilines is 2. The van der Waals surface area contributed by atoms with Gasteiger partial charge in [0.15, 0.2) is 5.78 Å². The Kier molecular flexibility index (Phi) is 4.91. The van der Waals surface area contributed by atoms with Crippen LogP contribution >= 0.6 is 0 Å². The maximum absolute atomic E-state index is 13.8. The molecule has 0 unspecified atom stereocenters. The van der Waals surface area contributed by atoms with Gasteiger partial charge in [0.25, 0.3) is 0 Å². The highest BCUT2D eigenvalue weighted by atomic mass is 19.4. The van der Waals surface area contributed by atoms with Crippen LogP contribution in [0.5, 0.6) is 0 Å². The van der Waals surface area contributed by atoms with Crippen LogP contribution in [-0.4, -0.2) is 11.7 Å². The fraction of sp³-hybridized carbons (Fsp3) is 0.296. The largest absolute Gasteiger partial charge is 0.416 e. The van der Waals surface area contributed by atoms with E-state index in [2.05, 4.69) is 5.32 Å². The molecule has 3 N–H and O–H groups in total. The Morgan fingerprint density at radius 2 is 1.83 bits per heavy atom. The molecule has 0 bridgehead atoms. The quantitative estimate of drug-likeness (QED) is 0.580. The van der Waals surface area contributed by atoms with Gasteiger partial charge in [-0.2, -0.15) is 18.4 Å². The number of nitrogens with one attached hydrogen (secondary N) is 1. The number of nitrogens with two attached hydrogens (primary N) is 1. The number of ketones is 1. The number of Topliss-reactive ketones (excluding diaryl/α,β-unsaturated/α-hetero) is 1. The summed E-state index contributed by atoms with van der Waals surface area (Å²) in [6.45, 7) is 5.57. The van der Waals surface area contributed by atoms with E-state index < -0.39 is 28.5 Å². The van der Waals surface area contributed by atoms with E-state index in [1.165, 1.54) is 17.0 Å². The summed E-state index contributed by atoms with van der Waals surface area (Å²) in [4.78, 5) is 28.9. The number of hydrogen-bond donors (Lipinski definition) is 2. The van der Waals surface area contributed by atoms with E-state index in [4.69, 9.17) is 5.73 Å². The van der Waals surface area contributed by atoms with Crippen LogP contribution in [0.1, 0.15) is 43.4 Å². The molecule has 0 saturated carbocycles. The number of benzene rings is 2. The minimum Gasteiger partial charge on any atom is -0.384 e. The molecular weight excluding hydrogens is 469 g/mol. The summed E-state index contributed by atoms with van der Waals surface area (Å²) in [6, 6.07) is 11.9. The van der Waals surface area contributed by atoms with Crippen molar-refractivity contribution in [2.45, 2.75) is 45.2 Å². The summed E-state index contributed by atoms with van der Waals surface area (Å²) in [5.74, 6) is -1.10. The minimum atomic E-state index is -4.61. The second-order valence-corrected chi connectivity index (χ2v) is 10.3. The zero-order valence-corrected chi connectivity index (χ0v) is 19.9. The van der Waals surface area contributed by atoms with E-state index >= 15 is 0 Å². The lowest BCUT2D eigenvalue weighted by Gasteiger charge is -2.46. The van der Waals surface area contributed by atoms with Gasteiger partial charge in [0.2, 0.25) is 5.91 Å². The second kappa shape index (κ2) is 7.47. The number of nitriles is 1. The number of hydrogen-bond acceptors (Lipinski definition) is 5. The number of carbonyl (C=O) groups excluding carboxylic acids is 2. The van der Waals surface area contributed by atoms with Crippen LogP contribution in [0, 0.1) is 23.7 Å². The molecule has 2 aromatic carbocycles. The van der Waals surface area contributed by atoms with Gasteiger partial charge in [-0.25, -0.2) is 0 Å². The summed E-state index contributed by atoms with van der Waals surface area (Å²) in [7, 11) is 0. The molecule has 5 rings (SSSR count). The Labute approximate surface area is 205 Å². The minimum absolute atomic E-state index is 0.0609. The molecule has 184 valence electrons. The van der Waals surface area contributed by atoms with Crippen LogP contribution < -0.4 is 16.0 Å². The van der Waals surface area contributed by atoms with E-state index in [0.717, 1.165) is 17.7 Å². The van der Waals surface area contributed by atoms with Crippen molar-refractivity contribution in [3.8, 4) is 6.07 Å². The summed E-state index contributed by atoms with van der Waals surface area (Å²) >= 11 is 0. The van der Waals surface area contributed by atoms with E-state index in [1.54, 1.807) is 18.2 Å². The molecule has 0 radical (unpaired) electrons. The molecule has 1 amide bonds. The molecule has 0 aromatic heterocycles. The van der Waals surface area contributed by atoms with Gasteiger partial charge in [0.05, 0.1) is 11.1 Å². The third-order valence-electron chi connectivity index (χ3n) is 7.08. The van der Waals surface area contributed by atoms with Crippen LogP contribution in [-0.2, 0) is 21.2 Å². The van der Waals surface area contributed by atoms with Crippen LogP contribution in [0.2, 0.25) is 0 Å². The summed E-state index contributed by atoms with van der Waals surface area (Å²) < 4.78 is 40.7. The molecule has 2 heterocycles. The number of rotatable bonds is 1. The van der Waals surface area contributed by atoms with Crippen molar-refractivity contribution in [3.63, 3.8) is 0 Å². The van der Waals surface area contributed by atoms with Gasteiger partial charge in [-0.15, -0.1) is 0 Å². The van der Waals surface area contributed by atoms with Crippen LogP contribution in [0.3, 0.4) is 0 Å². The van der Waals surface area contributed by atoms with Crippen molar-refractivity contribution in [2.75, 3.05) is 10.2 Å². The molecule has 1 spiro atoms. The monoisotopic (exact) mass is 492 g/mol. The fourth-order valence-corrected chi connectivity index (χ4v) is 5.65. The predicted molar refractivity (Wildman–Crippen MR) is 127 cm³/mol. The number of halogens is 3. The average Bonchev–Trinajstić information content (AvgIpc) is 3.04. The molecule has 1 atom stereocenters. The highest BCUT2D eigenvalue weighted by molar-refractivity contribution is 6.20. The number of fused-ring (bicyclic) bond motifs is 3. The highest BCUT2D eigenvalue weighted by Crippen LogP contribution is 2.57. The van der Waals surface area contributed by atoms with Gasteiger partial charge in [0.1, 0.15) is 17.3 Å². The number of carbonyl (C=O) groups is 2. The zero-order valence-electron chi connectivity index (χ0n) is 19.9. The van der Waals surface area contributed by atoms with Crippen molar-refractivity contribution in [1.29, 1.82) is 5.26 Å². The Hall–Kier alpha value is -4.06. The molecular formula is C27H23F3N4O2. The standard InChI is InChI=1S/C27H23F3N4O2/c1-14-7-8-19-17(9-14)26(24(36)33-19)18(13-31)23(32)34(16-6-4-5-15(10-16)27(28,29)30)20-11-25(2,3)12-21(35)22(20)26/h4-10H,11-12,32H2,1-3H3,(H,33,36)/t26-/m1/s1. The Morgan fingerprint density at radius 1 is 1.11 bits per heavy atom. The van der Waals surface area contributed by atoms with Crippen molar-refractivity contribution in [1.82, 2.24) is 0 Å². The van der Waals surface area contributed by atoms with Gasteiger partial charge in [-0.3, -0.25) is 14.5 Å². The first kappa shape index (κ1) is 23.7. The van der Waals surface area contributed by atoms with Gasteiger partial charge in [-0.05, 0) is 43.0 Å². The fourth-order valence-electron chi connectivity index (χ4n) is 5.65. The number of alkyl halides is 3. The van der Waals surface area contributed by atoms with Gasteiger partial charge >= 0.3 is 6.18 Å². The van der Waals surface area contributed by atoms with Crippen molar-refractivity contribution in [3.05, 3.63) is 81.8 Å². The lowest BCUT2D eigenvalue weighted by Crippen LogP contribution is -2.52. The maximum Gasteiger partial charge on any atom is 0.416 e. The molecule has 0 saturated heterocycles.